The van der Waals surface area contributed by atoms with Crippen LogP contribution in [0.15, 0.2) is 40.9 Å². The third-order valence-corrected chi connectivity index (χ3v) is 4.15. The Morgan fingerprint density at radius 1 is 1.19 bits per heavy atom. The predicted octanol–water partition coefficient (Wildman–Crippen LogP) is 5.28. The summed E-state index contributed by atoms with van der Waals surface area (Å²) < 4.78 is 3.16. The molecule has 0 atom stereocenters. The number of rotatable bonds is 2. The normalized spacial score (nSPS) is 11.5. The van der Waals surface area contributed by atoms with Crippen LogP contribution in [0.25, 0.3) is 22.4 Å². The smallest absolute Gasteiger partial charge is 0.143 e. The molecule has 0 spiro atoms. The van der Waals surface area contributed by atoms with Crippen molar-refractivity contribution in [2.75, 3.05) is 5.73 Å². The van der Waals surface area contributed by atoms with Crippen molar-refractivity contribution >= 4 is 44.3 Å². The number of benzene rings is 2. The van der Waals surface area contributed by atoms with Crippen LogP contribution in [0.3, 0.4) is 0 Å². The molecule has 5 heteroatoms. The maximum atomic E-state index is 6.14. The molecule has 0 saturated heterocycles. The molecule has 2 N–H and O–H groups in total. The molecule has 1 heterocycles. The van der Waals surface area contributed by atoms with Gasteiger partial charge in [-0.05, 0) is 50.2 Å². The van der Waals surface area contributed by atoms with E-state index in [0.717, 1.165) is 26.9 Å². The minimum absolute atomic E-state index is 0.268. The van der Waals surface area contributed by atoms with E-state index in [-0.39, 0.29) is 6.04 Å². The van der Waals surface area contributed by atoms with Crippen LogP contribution in [0.4, 0.5) is 5.69 Å². The topological polar surface area (TPSA) is 43.8 Å². The van der Waals surface area contributed by atoms with Crippen molar-refractivity contribution in [1.82, 2.24) is 9.55 Å². The number of imidazole rings is 1. The Bertz CT molecular complexity index is 824. The molecule has 0 unspecified atom stereocenters. The van der Waals surface area contributed by atoms with Crippen molar-refractivity contribution in [2.45, 2.75) is 19.9 Å². The van der Waals surface area contributed by atoms with E-state index in [1.165, 1.54) is 0 Å². The standard InChI is InChI=1S/C16H15BrClN3/c1-9(2)21-15-6-4-11(18)8-14(15)20-16(21)12-7-10(17)3-5-13(12)19/h3-9H,19H2,1-2H3. The highest BCUT2D eigenvalue weighted by molar-refractivity contribution is 9.10. The number of hydrogen-bond acceptors (Lipinski definition) is 2. The predicted molar refractivity (Wildman–Crippen MR) is 92.7 cm³/mol. The lowest BCUT2D eigenvalue weighted by Gasteiger charge is -2.14. The van der Waals surface area contributed by atoms with Crippen LogP contribution in [0.1, 0.15) is 19.9 Å². The summed E-state index contributed by atoms with van der Waals surface area (Å²) in [6.07, 6.45) is 0. The number of hydrogen-bond donors (Lipinski definition) is 1. The van der Waals surface area contributed by atoms with Gasteiger partial charge in [0.05, 0.1) is 11.0 Å². The highest BCUT2D eigenvalue weighted by atomic mass is 79.9. The van der Waals surface area contributed by atoms with Crippen molar-refractivity contribution in [2.24, 2.45) is 0 Å². The molecule has 0 radical (unpaired) electrons. The zero-order chi connectivity index (χ0) is 15.1. The van der Waals surface area contributed by atoms with Crippen molar-refractivity contribution in [1.29, 1.82) is 0 Å². The minimum Gasteiger partial charge on any atom is -0.398 e. The fourth-order valence-electron chi connectivity index (χ4n) is 2.51. The van der Waals surface area contributed by atoms with Gasteiger partial charge in [-0.15, -0.1) is 0 Å². The van der Waals surface area contributed by atoms with E-state index >= 15 is 0 Å². The molecule has 2 aromatic carbocycles. The third-order valence-electron chi connectivity index (χ3n) is 3.42. The second kappa shape index (κ2) is 5.35. The summed E-state index contributed by atoms with van der Waals surface area (Å²) in [5.41, 5.74) is 9.71. The molecule has 1 aromatic heterocycles. The highest BCUT2D eigenvalue weighted by Gasteiger charge is 2.17. The fourth-order valence-corrected chi connectivity index (χ4v) is 3.03. The van der Waals surface area contributed by atoms with E-state index in [1.54, 1.807) is 0 Å². The highest BCUT2D eigenvalue weighted by Crippen LogP contribution is 2.34. The van der Waals surface area contributed by atoms with Gasteiger partial charge in [-0.2, -0.15) is 0 Å². The average Bonchev–Trinajstić information content (AvgIpc) is 2.79. The quantitative estimate of drug-likeness (QED) is 0.628. The number of nitrogen functional groups attached to an aromatic ring is 1. The Morgan fingerprint density at radius 3 is 2.67 bits per heavy atom. The molecule has 0 saturated carbocycles. The first kappa shape index (κ1) is 14.4. The molecule has 0 fully saturated rings. The molecule has 0 aliphatic rings. The first-order chi connectivity index (χ1) is 9.97. The largest absolute Gasteiger partial charge is 0.398 e. The second-order valence-electron chi connectivity index (χ2n) is 5.26. The van der Waals surface area contributed by atoms with Crippen LogP contribution in [0.5, 0.6) is 0 Å². The van der Waals surface area contributed by atoms with Crippen molar-refractivity contribution in [3.05, 3.63) is 45.9 Å². The number of halogens is 2. The van der Waals surface area contributed by atoms with E-state index < -0.39 is 0 Å². The first-order valence-corrected chi connectivity index (χ1v) is 7.87. The monoisotopic (exact) mass is 363 g/mol. The Balaban J connectivity index is 2.36. The maximum Gasteiger partial charge on any atom is 0.143 e. The Morgan fingerprint density at radius 2 is 1.95 bits per heavy atom. The lowest BCUT2D eigenvalue weighted by atomic mass is 10.1. The molecular weight excluding hydrogens is 350 g/mol. The van der Waals surface area contributed by atoms with Gasteiger partial charge in [0.15, 0.2) is 0 Å². The van der Waals surface area contributed by atoms with Crippen molar-refractivity contribution in [3.8, 4) is 11.4 Å². The SMILES string of the molecule is CC(C)n1c(-c2cc(Br)ccc2N)nc2cc(Cl)ccc21. The Hall–Kier alpha value is -1.52. The summed E-state index contributed by atoms with van der Waals surface area (Å²) in [4.78, 5) is 4.74. The number of aromatic nitrogens is 2. The molecule has 108 valence electrons. The van der Waals surface area contributed by atoms with Gasteiger partial charge < -0.3 is 10.3 Å². The molecule has 3 aromatic rings. The number of nitrogens with two attached hydrogens (primary N) is 1. The maximum absolute atomic E-state index is 6.14. The third kappa shape index (κ3) is 2.54. The number of anilines is 1. The molecule has 0 bridgehead atoms. The van der Waals surface area contributed by atoms with Crippen LogP contribution < -0.4 is 5.73 Å². The second-order valence-corrected chi connectivity index (χ2v) is 6.62. The molecular formula is C16H15BrClN3. The Labute approximate surface area is 136 Å². The van der Waals surface area contributed by atoms with E-state index in [0.29, 0.717) is 10.7 Å². The van der Waals surface area contributed by atoms with Crippen LogP contribution in [0.2, 0.25) is 5.02 Å². The summed E-state index contributed by atoms with van der Waals surface area (Å²) in [5.74, 6) is 0.862. The van der Waals surface area contributed by atoms with Gasteiger partial charge in [-0.1, -0.05) is 27.5 Å². The van der Waals surface area contributed by atoms with Crippen molar-refractivity contribution < 1.29 is 0 Å². The molecule has 0 aliphatic carbocycles. The summed E-state index contributed by atoms with van der Waals surface area (Å²) in [6.45, 7) is 4.26. The number of fused-ring (bicyclic) bond motifs is 1. The van der Waals surface area contributed by atoms with E-state index in [1.807, 2.05) is 36.4 Å². The van der Waals surface area contributed by atoms with E-state index in [2.05, 4.69) is 34.3 Å². The van der Waals surface area contributed by atoms with Crippen LogP contribution in [-0.2, 0) is 0 Å². The van der Waals surface area contributed by atoms with E-state index in [9.17, 15) is 0 Å². The van der Waals surface area contributed by atoms with Gasteiger partial charge in [0.2, 0.25) is 0 Å². The van der Waals surface area contributed by atoms with Gasteiger partial charge in [0.25, 0.3) is 0 Å². The van der Waals surface area contributed by atoms with E-state index in [4.69, 9.17) is 22.3 Å². The Kier molecular flexibility index (Phi) is 3.68. The van der Waals surface area contributed by atoms with Crippen LogP contribution in [0, 0.1) is 0 Å². The molecule has 3 rings (SSSR count). The summed E-state index contributed by atoms with van der Waals surface area (Å²) >= 11 is 9.58. The summed E-state index contributed by atoms with van der Waals surface area (Å²) in [7, 11) is 0. The van der Waals surface area contributed by atoms with Gasteiger partial charge in [-0.25, -0.2) is 4.98 Å². The minimum atomic E-state index is 0.268. The first-order valence-electron chi connectivity index (χ1n) is 6.70. The summed E-state index contributed by atoms with van der Waals surface area (Å²) in [6, 6.07) is 11.9. The van der Waals surface area contributed by atoms with Gasteiger partial charge in [0, 0.05) is 26.8 Å². The van der Waals surface area contributed by atoms with Crippen LogP contribution in [-0.4, -0.2) is 9.55 Å². The van der Waals surface area contributed by atoms with Crippen molar-refractivity contribution in [3.63, 3.8) is 0 Å². The lowest BCUT2D eigenvalue weighted by molar-refractivity contribution is 0.624. The number of nitrogens with zero attached hydrogens (tertiary/aromatic N) is 2. The fraction of sp³-hybridized carbons (Fsp3) is 0.188. The molecule has 0 amide bonds. The van der Waals surface area contributed by atoms with Crippen LogP contribution >= 0.6 is 27.5 Å². The lowest BCUT2D eigenvalue weighted by Crippen LogP contribution is -2.04. The zero-order valence-corrected chi connectivity index (χ0v) is 14.1. The summed E-state index contributed by atoms with van der Waals surface area (Å²) in [5, 5.41) is 0.685. The molecule has 0 aliphatic heterocycles. The zero-order valence-electron chi connectivity index (χ0n) is 11.8. The molecule has 3 nitrogen and oxygen atoms in total. The van der Waals surface area contributed by atoms with Gasteiger partial charge >= 0.3 is 0 Å². The molecule has 21 heavy (non-hydrogen) atoms. The average molecular weight is 365 g/mol. The van der Waals surface area contributed by atoms with Gasteiger partial charge in [-0.3, -0.25) is 0 Å². The van der Waals surface area contributed by atoms with Gasteiger partial charge in [0.1, 0.15) is 5.82 Å².